The summed E-state index contributed by atoms with van der Waals surface area (Å²) in [6.07, 6.45) is 3.15. The Kier molecular flexibility index (Phi) is 6.80. The molecular formula is C20H38N4O2. The number of amides is 1. The van der Waals surface area contributed by atoms with E-state index in [4.69, 9.17) is 9.73 Å². The van der Waals surface area contributed by atoms with Gasteiger partial charge in [-0.3, -0.25) is 4.99 Å². The van der Waals surface area contributed by atoms with Crippen molar-refractivity contribution in [2.45, 2.75) is 66.4 Å². The molecule has 0 spiro atoms. The fourth-order valence-corrected chi connectivity index (χ4v) is 3.64. The third-order valence-corrected chi connectivity index (χ3v) is 4.98. The van der Waals surface area contributed by atoms with Crippen molar-refractivity contribution in [3.63, 3.8) is 0 Å². The molecule has 150 valence electrons. The number of piperidine rings is 1. The molecule has 2 rings (SSSR count). The Bertz CT molecular complexity index is 510. The zero-order chi connectivity index (χ0) is 19.4. The standard InChI is InChI=1S/C20H38N4O2/c1-7-21-17(24-12-10-20(5,6)15-24)22-13-16-9-8-11-23(14-16)18(25)26-19(2,3)4/h16H,7-15H2,1-6H3,(H,21,22). The number of guanidine groups is 1. The minimum atomic E-state index is -0.442. The molecule has 2 heterocycles. The van der Waals surface area contributed by atoms with Crippen molar-refractivity contribution in [3.05, 3.63) is 0 Å². The molecule has 1 unspecified atom stereocenters. The van der Waals surface area contributed by atoms with Crippen LogP contribution in [0.2, 0.25) is 0 Å². The third-order valence-electron chi connectivity index (χ3n) is 4.98. The van der Waals surface area contributed by atoms with Gasteiger partial charge in [0.2, 0.25) is 0 Å². The van der Waals surface area contributed by atoms with E-state index >= 15 is 0 Å². The van der Waals surface area contributed by atoms with E-state index in [1.807, 2.05) is 25.7 Å². The lowest BCUT2D eigenvalue weighted by atomic mass is 9.93. The lowest BCUT2D eigenvalue weighted by molar-refractivity contribution is 0.0170. The zero-order valence-corrected chi connectivity index (χ0v) is 17.6. The molecule has 1 amide bonds. The summed E-state index contributed by atoms with van der Waals surface area (Å²) in [5.41, 5.74) is -0.0858. The van der Waals surface area contributed by atoms with Gasteiger partial charge in [0.05, 0.1) is 0 Å². The number of rotatable bonds is 3. The third kappa shape index (κ3) is 6.36. The number of hydrogen-bond donors (Lipinski definition) is 1. The summed E-state index contributed by atoms with van der Waals surface area (Å²) in [5.74, 6) is 1.42. The van der Waals surface area contributed by atoms with Crippen LogP contribution < -0.4 is 5.32 Å². The van der Waals surface area contributed by atoms with Crippen molar-refractivity contribution in [2.24, 2.45) is 16.3 Å². The summed E-state index contributed by atoms with van der Waals surface area (Å²) in [7, 11) is 0. The quantitative estimate of drug-likeness (QED) is 0.615. The first-order chi connectivity index (χ1) is 12.1. The summed E-state index contributed by atoms with van der Waals surface area (Å²) < 4.78 is 5.52. The minimum absolute atomic E-state index is 0.195. The topological polar surface area (TPSA) is 57.2 Å². The fraction of sp³-hybridized carbons (Fsp3) is 0.900. The molecule has 26 heavy (non-hydrogen) atoms. The number of carbonyl (C=O) groups is 1. The maximum atomic E-state index is 12.3. The molecule has 0 saturated carbocycles. The zero-order valence-electron chi connectivity index (χ0n) is 17.6. The van der Waals surface area contributed by atoms with Gasteiger partial charge in [-0.25, -0.2) is 4.79 Å². The summed E-state index contributed by atoms with van der Waals surface area (Å²) in [4.78, 5) is 21.5. The van der Waals surface area contributed by atoms with E-state index < -0.39 is 5.60 Å². The number of carbonyl (C=O) groups excluding carboxylic acids is 1. The molecule has 0 bridgehead atoms. The Hall–Kier alpha value is -1.46. The van der Waals surface area contributed by atoms with Crippen molar-refractivity contribution in [2.75, 3.05) is 39.3 Å². The number of nitrogens with one attached hydrogen (secondary N) is 1. The van der Waals surface area contributed by atoms with E-state index in [0.717, 1.165) is 58.1 Å². The molecule has 0 aliphatic carbocycles. The fourth-order valence-electron chi connectivity index (χ4n) is 3.64. The summed E-state index contributed by atoms with van der Waals surface area (Å²) in [5, 5.41) is 3.44. The molecule has 1 N–H and O–H groups in total. The van der Waals surface area contributed by atoms with Gasteiger partial charge in [-0.2, -0.15) is 0 Å². The Morgan fingerprint density at radius 2 is 2.00 bits per heavy atom. The lowest BCUT2D eigenvalue weighted by Crippen LogP contribution is -2.44. The normalized spacial score (nSPS) is 23.9. The van der Waals surface area contributed by atoms with Gasteiger partial charge in [-0.15, -0.1) is 0 Å². The molecule has 2 saturated heterocycles. The molecule has 2 fully saturated rings. The number of hydrogen-bond acceptors (Lipinski definition) is 3. The second-order valence-corrected chi connectivity index (χ2v) is 9.47. The second kappa shape index (κ2) is 8.49. The molecule has 1 atom stereocenters. The molecule has 0 aromatic carbocycles. The molecule has 0 aromatic rings. The van der Waals surface area contributed by atoms with Crippen LogP contribution in [0.1, 0.15) is 60.8 Å². The molecule has 2 aliphatic heterocycles. The molecule has 6 heteroatoms. The highest BCUT2D eigenvalue weighted by molar-refractivity contribution is 5.80. The van der Waals surface area contributed by atoms with Crippen LogP contribution in [0.25, 0.3) is 0 Å². The van der Waals surface area contributed by atoms with Gasteiger partial charge in [0.1, 0.15) is 5.60 Å². The highest BCUT2D eigenvalue weighted by atomic mass is 16.6. The van der Waals surface area contributed by atoms with E-state index in [9.17, 15) is 4.79 Å². The van der Waals surface area contributed by atoms with Crippen molar-refractivity contribution in [1.82, 2.24) is 15.1 Å². The van der Waals surface area contributed by atoms with Crippen LogP contribution in [0.15, 0.2) is 4.99 Å². The van der Waals surface area contributed by atoms with Crippen LogP contribution in [-0.4, -0.2) is 66.7 Å². The number of aliphatic imine (C=N–C) groups is 1. The van der Waals surface area contributed by atoms with Gasteiger partial charge >= 0.3 is 6.09 Å². The van der Waals surface area contributed by atoms with Crippen LogP contribution in [0.5, 0.6) is 0 Å². The highest BCUT2D eigenvalue weighted by Gasteiger charge is 2.31. The smallest absolute Gasteiger partial charge is 0.410 e. The van der Waals surface area contributed by atoms with Gasteiger partial charge < -0.3 is 19.9 Å². The largest absolute Gasteiger partial charge is 0.444 e. The molecular weight excluding hydrogens is 328 g/mol. The maximum Gasteiger partial charge on any atom is 0.410 e. The van der Waals surface area contributed by atoms with E-state index in [1.165, 1.54) is 6.42 Å². The lowest BCUT2D eigenvalue weighted by Gasteiger charge is -2.34. The Morgan fingerprint density at radius 3 is 2.58 bits per heavy atom. The molecule has 0 radical (unpaired) electrons. The SMILES string of the molecule is CCNC(=NCC1CCCN(C(=O)OC(C)(C)C)C1)N1CCC(C)(C)C1. The van der Waals surface area contributed by atoms with Crippen molar-refractivity contribution in [1.29, 1.82) is 0 Å². The van der Waals surface area contributed by atoms with Gasteiger partial charge in [-0.05, 0) is 58.3 Å². The molecule has 2 aliphatic rings. The van der Waals surface area contributed by atoms with Crippen molar-refractivity contribution >= 4 is 12.1 Å². The van der Waals surface area contributed by atoms with Gasteiger partial charge in [0, 0.05) is 39.3 Å². The van der Waals surface area contributed by atoms with Crippen LogP contribution in [0, 0.1) is 11.3 Å². The molecule has 6 nitrogen and oxygen atoms in total. The Labute approximate surface area is 159 Å². The van der Waals surface area contributed by atoms with E-state index in [-0.39, 0.29) is 6.09 Å². The Morgan fingerprint density at radius 1 is 1.27 bits per heavy atom. The summed E-state index contributed by atoms with van der Waals surface area (Å²) in [6, 6.07) is 0. The summed E-state index contributed by atoms with van der Waals surface area (Å²) in [6.45, 7) is 17.8. The first-order valence-corrected chi connectivity index (χ1v) is 10.1. The monoisotopic (exact) mass is 366 g/mol. The average Bonchev–Trinajstić information content (AvgIpc) is 2.90. The van der Waals surface area contributed by atoms with Gasteiger partial charge in [-0.1, -0.05) is 13.8 Å². The Balaban J connectivity index is 1.93. The number of likely N-dealkylation sites (tertiary alicyclic amines) is 2. The van der Waals surface area contributed by atoms with Crippen molar-refractivity contribution < 1.29 is 9.53 Å². The first kappa shape index (κ1) is 20.8. The minimum Gasteiger partial charge on any atom is -0.444 e. The highest BCUT2D eigenvalue weighted by Crippen LogP contribution is 2.28. The second-order valence-electron chi connectivity index (χ2n) is 9.47. The van der Waals surface area contributed by atoms with Crippen molar-refractivity contribution in [3.8, 4) is 0 Å². The van der Waals surface area contributed by atoms with Crippen LogP contribution in [0.4, 0.5) is 4.79 Å². The van der Waals surface area contributed by atoms with Gasteiger partial charge in [0.15, 0.2) is 5.96 Å². The van der Waals surface area contributed by atoms with E-state index in [2.05, 4.69) is 31.0 Å². The predicted octanol–water partition coefficient (Wildman–Crippen LogP) is 3.33. The van der Waals surface area contributed by atoms with E-state index in [0.29, 0.717) is 11.3 Å². The molecule has 0 aromatic heterocycles. The number of nitrogens with zero attached hydrogens (tertiary/aromatic N) is 3. The average molecular weight is 367 g/mol. The van der Waals surface area contributed by atoms with E-state index in [1.54, 1.807) is 0 Å². The maximum absolute atomic E-state index is 12.3. The van der Waals surface area contributed by atoms with Crippen LogP contribution in [0.3, 0.4) is 0 Å². The van der Waals surface area contributed by atoms with Crippen LogP contribution >= 0.6 is 0 Å². The first-order valence-electron chi connectivity index (χ1n) is 10.1. The van der Waals surface area contributed by atoms with Gasteiger partial charge in [0.25, 0.3) is 0 Å². The van der Waals surface area contributed by atoms with Crippen LogP contribution in [-0.2, 0) is 4.74 Å². The predicted molar refractivity (Wildman–Crippen MR) is 106 cm³/mol. The number of ether oxygens (including phenoxy) is 1. The summed E-state index contributed by atoms with van der Waals surface area (Å²) >= 11 is 0.